The van der Waals surface area contributed by atoms with E-state index in [1.807, 2.05) is 0 Å². The molecule has 0 fully saturated rings. The molecule has 0 saturated heterocycles. The summed E-state index contributed by atoms with van der Waals surface area (Å²) in [7, 11) is 4.38. The predicted molar refractivity (Wildman–Crippen MR) is 150 cm³/mol. The highest BCUT2D eigenvalue weighted by Gasteiger charge is 2.45. The van der Waals surface area contributed by atoms with Crippen LogP contribution in [0.3, 0.4) is 0 Å². The summed E-state index contributed by atoms with van der Waals surface area (Å²) in [6, 6.07) is 6.57. The van der Waals surface area contributed by atoms with Gasteiger partial charge in [-0.1, -0.05) is 23.2 Å². The Labute approximate surface area is 246 Å². The lowest BCUT2D eigenvalue weighted by atomic mass is 10.2. The number of alkyl halides is 3. The Morgan fingerprint density at radius 1 is 1.17 bits per heavy atom. The fraction of sp³-hybridized carbons (Fsp3) is 0.240. The minimum atomic E-state index is -4.85. The van der Waals surface area contributed by atoms with E-state index in [4.69, 9.17) is 23.2 Å². The summed E-state index contributed by atoms with van der Waals surface area (Å²) in [6.07, 6.45) is 0.710. The van der Waals surface area contributed by atoms with Crippen LogP contribution in [-0.4, -0.2) is 60.5 Å². The van der Waals surface area contributed by atoms with Gasteiger partial charge in [-0.15, -0.1) is 0 Å². The van der Waals surface area contributed by atoms with Gasteiger partial charge in [0.2, 0.25) is 5.91 Å². The highest BCUT2D eigenvalue weighted by atomic mass is 35.5. The van der Waals surface area contributed by atoms with E-state index >= 15 is 0 Å². The Morgan fingerprint density at radius 3 is 2.57 bits per heavy atom. The number of rotatable bonds is 9. The molecule has 2 N–H and O–H groups in total. The molecule has 0 radical (unpaired) electrons. The quantitative estimate of drug-likeness (QED) is 0.107. The Hall–Kier alpha value is -4.34. The molecule has 220 valence electrons. The smallest absolute Gasteiger partial charge is 0.358 e. The molecule has 0 aliphatic rings. The van der Waals surface area contributed by atoms with Crippen molar-refractivity contribution in [3.05, 3.63) is 80.6 Å². The number of nitrogens with zero attached hydrogens (tertiary/aromatic N) is 7. The fourth-order valence-electron chi connectivity index (χ4n) is 4.01. The standard InChI is InChI=1S/C25H22Cl2F3N9O3/c1-37-19(23(38(41)42)36-24(37)25(28,29)30)12-39(2,3)8-4-5-21(40)35-20-10-15-18(11-31-20)32-13-33-22(15)34-14-6-7-16(26)17(27)9-14/h4-7,9-11,13H,8,12H2,1-3H3,(H-,31,32,33,34,35,40)/p+1/b5-4+. The first-order valence-electron chi connectivity index (χ1n) is 12.0. The van der Waals surface area contributed by atoms with Crippen molar-refractivity contribution in [1.82, 2.24) is 24.5 Å². The average Bonchev–Trinajstić information content (AvgIpc) is 3.22. The van der Waals surface area contributed by atoms with Crippen LogP contribution in [0.25, 0.3) is 10.9 Å². The number of fused-ring (bicyclic) bond motifs is 1. The van der Waals surface area contributed by atoms with Crippen LogP contribution in [0, 0.1) is 10.1 Å². The third kappa shape index (κ3) is 7.10. The van der Waals surface area contributed by atoms with E-state index in [-0.39, 0.29) is 29.1 Å². The normalized spacial score (nSPS) is 12.2. The molecule has 1 amide bonds. The van der Waals surface area contributed by atoms with E-state index in [1.165, 1.54) is 24.7 Å². The summed E-state index contributed by atoms with van der Waals surface area (Å²) < 4.78 is 40.4. The van der Waals surface area contributed by atoms with Crippen LogP contribution in [0.2, 0.25) is 10.0 Å². The summed E-state index contributed by atoms with van der Waals surface area (Å²) >= 11 is 12.1. The van der Waals surface area contributed by atoms with Crippen molar-refractivity contribution in [3.8, 4) is 0 Å². The van der Waals surface area contributed by atoms with Gasteiger partial charge in [0.15, 0.2) is 5.69 Å². The average molecular weight is 625 g/mol. The van der Waals surface area contributed by atoms with Crippen LogP contribution >= 0.6 is 23.2 Å². The van der Waals surface area contributed by atoms with E-state index in [0.717, 1.165) is 7.05 Å². The summed E-state index contributed by atoms with van der Waals surface area (Å²) in [4.78, 5) is 38.9. The topological polar surface area (TPSA) is 141 Å². The zero-order chi connectivity index (χ0) is 30.8. The first-order valence-corrected chi connectivity index (χ1v) is 12.8. The maximum absolute atomic E-state index is 13.3. The minimum Gasteiger partial charge on any atom is -0.358 e. The van der Waals surface area contributed by atoms with E-state index < -0.39 is 28.6 Å². The number of quaternary nitrogens is 1. The number of hydrogen-bond acceptors (Lipinski definition) is 8. The van der Waals surface area contributed by atoms with Crippen molar-refractivity contribution in [2.24, 2.45) is 7.05 Å². The number of anilines is 3. The second-order valence-corrected chi connectivity index (χ2v) is 10.6. The molecular formula is C25H23Cl2F3N9O3+. The van der Waals surface area contributed by atoms with E-state index in [0.29, 0.717) is 37.0 Å². The van der Waals surface area contributed by atoms with E-state index in [2.05, 4.69) is 30.6 Å². The van der Waals surface area contributed by atoms with Gasteiger partial charge >= 0.3 is 17.8 Å². The van der Waals surface area contributed by atoms with Crippen LogP contribution in [0.5, 0.6) is 0 Å². The SMILES string of the molecule is Cn1c(C(F)(F)F)nc([N+](=O)[O-])c1C[N+](C)(C)C/C=C/C(=O)Nc1cc2c(Nc3ccc(Cl)c(Cl)c3)ncnc2cn1. The van der Waals surface area contributed by atoms with Crippen molar-refractivity contribution in [1.29, 1.82) is 0 Å². The number of amides is 1. The summed E-state index contributed by atoms with van der Waals surface area (Å²) in [6.45, 7) is 0.0104. The number of aromatic nitrogens is 5. The number of nitro groups is 1. The van der Waals surface area contributed by atoms with Crippen molar-refractivity contribution in [3.63, 3.8) is 0 Å². The first-order chi connectivity index (χ1) is 19.6. The lowest BCUT2D eigenvalue weighted by Gasteiger charge is -2.28. The Balaban J connectivity index is 1.45. The largest absolute Gasteiger partial charge is 0.475 e. The molecule has 4 aromatic rings. The third-order valence-corrected chi connectivity index (χ3v) is 6.76. The van der Waals surface area contributed by atoms with Gasteiger partial charge in [0.05, 0.1) is 42.4 Å². The molecule has 0 spiro atoms. The van der Waals surface area contributed by atoms with Crippen molar-refractivity contribution >= 4 is 63.2 Å². The third-order valence-electron chi connectivity index (χ3n) is 6.02. The van der Waals surface area contributed by atoms with Crippen LogP contribution in [0.1, 0.15) is 11.5 Å². The molecule has 0 saturated carbocycles. The zero-order valence-electron chi connectivity index (χ0n) is 22.3. The Morgan fingerprint density at radius 2 is 1.90 bits per heavy atom. The first kappa shape index (κ1) is 30.6. The molecular weight excluding hydrogens is 602 g/mol. The number of likely N-dealkylation sites (N-methyl/N-ethyl adjacent to an activating group) is 1. The van der Waals surface area contributed by atoms with Gasteiger partial charge in [-0.25, -0.2) is 15.0 Å². The number of pyridine rings is 1. The Bertz CT molecular complexity index is 1710. The van der Waals surface area contributed by atoms with Crippen LogP contribution in [-0.2, 0) is 24.6 Å². The molecule has 17 heteroatoms. The van der Waals surface area contributed by atoms with Crippen LogP contribution in [0.15, 0.2) is 48.9 Å². The van der Waals surface area contributed by atoms with Gasteiger partial charge in [0.1, 0.15) is 24.5 Å². The minimum absolute atomic E-state index is 0.00322. The molecule has 1 aromatic carbocycles. The van der Waals surface area contributed by atoms with Gasteiger partial charge in [0.25, 0.3) is 0 Å². The number of hydrogen-bond donors (Lipinski definition) is 2. The summed E-state index contributed by atoms with van der Waals surface area (Å²) in [5.74, 6) is -2.10. The fourth-order valence-corrected chi connectivity index (χ4v) is 4.31. The zero-order valence-corrected chi connectivity index (χ0v) is 23.8. The predicted octanol–water partition coefficient (Wildman–Crippen LogP) is 5.51. The van der Waals surface area contributed by atoms with Crippen molar-refractivity contribution in [2.75, 3.05) is 31.3 Å². The number of carbonyl (C=O) groups excluding carboxylic acids is 1. The molecule has 3 aromatic heterocycles. The summed E-state index contributed by atoms with van der Waals surface area (Å²) in [5.41, 5.74) is 0.947. The van der Waals surface area contributed by atoms with Gasteiger partial charge in [-0.05, 0) is 40.2 Å². The van der Waals surface area contributed by atoms with E-state index in [1.54, 1.807) is 38.4 Å². The number of halogens is 5. The van der Waals surface area contributed by atoms with Crippen LogP contribution in [0.4, 0.5) is 36.3 Å². The van der Waals surface area contributed by atoms with Gasteiger partial charge in [-0.3, -0.25) is 9.36 Å². The molecule has 42 heavy (non-hydrogen) atoms. The molecule has 0 unspecified atom stereocenters. The molecule has 0 aliphatic carbocycles. The lowest BCUT2D eigenvalue weighted by molar-refractivity contribution is -0.898. The highest BCUT2D eigenvalue weighted by Crippen LogP contribution is 2.33. The molecule has 4 rings (SSSR count). The second-order valence-electron chi connectivity index (χ2n) is 9.75. The van der Waals surface area contributed by atoms with Crippen LogP contribution < -0.4 is 10.6 Å². The second kappa shape index (κ2) is 11.9. The van der Waals surface area contributed by atoms with Crippen molar-refractivity contribution in [2.45, 2.75) is 12.7 Å². The monoisotopic (exact) mass is 624 g/mol. The molecule has 0 atom stereocenters. The van der Waals surface area contributed by atoms with Gasteiger partial charge < -0.3 is 25.2 Å². The van der Waals surface area contributed by atoms with E-state index in [9.17, 15) is 28.1 Å². The number of nitrogens with one attached hydrogen (secondary N) is 2. The number of imidazole rings is 1. The highest BCUT2D eigenvalue weighted by molar-refractivity contribution is 6.42. The maximum atomic E-state index is 13.3. The van der Waals surface area contributed by atoms with Crippen molar-refractivity contribution < 1.29 is 27.4 Å². The summed E-state index contributed by atoms with van der Waals surface area (Å²) in [5, 5.41) is 18.4. The maximum Gasteiger partial charge on any atom is 0.475 e. The number of carbonyl (C=O) groups is 1. The Kier molecular flexibility index (Phi) is 8.65. The molecule has 3 heterocycles. The lowest BCUT2D eigenvalue weighted by Crippen LogP contribution is -2.39. The van der Waals surface area contributed by atoms with Gasteiger partial charge in [-0.2, -0.15) is 13.2 Å². The van der Waals surface area contributed by atoms with Gasteiger partial charge in [0, 0.05) is 24.2 Å². The molecule has 0 aliphatic heterocycles. The molecule has 12 nitrogen and oxygen atoms in total. The number of benzene rings is 1. The molecule has 0 bridgehead atoms.